The number of aliphatic hydroxyl groups is 1. The van der Waals surface area contributed by atoms with Crippen LogP contribution in [-0.4, -0.2) is 51.3 Å². The molecule has 31 heavy (non-hydrogen) atoms. The summed E-state index contributed by atoms with van der Waals surface area (Å²) in [5.74, 6) is 2.09. The highest BCUT2D eigenvalue weighted by atomic mass is 16.5. The maximum Gasteiger partial charge on any atom is 0.150 e. The predicted octanol–water partition coefficient (Wildman–Crippen LogP) is 3.08. The number of rotatable bonds is 8. The molecule has 0 spiro atoms. The van der Waals surface area contributed by atoms with Gasteiger partial charge in [0.1, 0.15) is 23.5 Å². The fourth-order valence-electron chi connectivity index (χ4n) is 3.63. The number of pyridine rings is 1. The van der Waals surface area contributed by atoms with Crippen LogP contribution in [0.25, 0.3) is 0 Å². The molecule has 162 valence electrons. The summed E-state index contributed by atoms with van der Waals surface area (Å²) in [5.41, 5.74) is 2.83. The summed E-state index contributed by atoms with van der Waals surface area (Å²) in [4.78, 5) is 15.3. The first-order chi connectivity index (χ1) is 15.2. The molecule has 0 aliphatic carbocycles. The van der Waals surface area contributed by atoms with Gasteiger partial charge in [0.25, 0.3) is 0 Å². The van der Waals surface area contributed by atoms with Crippen LogP contribution in [0.3, 0.4) is 0 Å². The van der Waals surface area contributed by atoms with Gasteiger partial charge < -0.3 is 19.9 Å². The highest BCUT2D eigenvalue weighted by Crippen LogP contribution is 2.25. The quantitative estimate of drug-likeness (QED) is 0.573. The molecule has 1 atom stereocenters. The molecule has 3 heterocycles. The van der Waals surface area contributed by atoms with Gasteiger partial charge in [0.05, 0.1) is 31.7 Å². The van der Waals surface area contributed by atoms with Crippen LogP contribution in [0.5, 0.6) is 5.75 Å². The van der Waals surface area contributed by atoms with E-state index >= 15 is 0 Å². The van der Waals surface area contributed by atoms with Gasteiger partial charge >= 0.3 is 0 Å². The molecular weight excluding hydrogens is 394 g/mol. The van der Waals surface area contributed by atoms with Gasteiger partial charge in [-0.3, -0.25) is 9.88 Å². The van der Waals surface area contributed by atoms with Crippen LogP contribution in [-0.2, 0) is 17.9 Å². The van der Waals surface area contributed by atoms with Crippen molar-refractivity contribution < 1.29 is 14.6 Å². The van der Waals surface area contributed by atoms with E-state index in [2.05, 4.69) is 26.3 Å². The Morgan fingerprint density at radius 1 is 1.23 bits per heavy atom. The van der Waals surface area contributed by atoms with Crippen molar-refractivity contribution in [1.82, 2.24) is 19.9 Å². The molecule has 8 heteroatoms. The molecule has 0 radical (unpaired) electrons. The molecule has 1 aliphatic heterocycles. The minimum Gasteiger partial charge on any atom is -0.494 e. The average Bonchev–Trinajstić information content (AvgIpc) is 2.81. The zero-order chi connectivity index (χ0) is 21.5. The van der Waals surface area contributed by atoms with E-state index < -0.39 is 0 Å². The van der Waals surface area contributed by atoms with Crippen molar-refractivity contribution in [2.24, 2.45) is 0 Å². The molecule has 0 bridgehead atoms. The Labute approximate surface area is 181 Å². The SMILES string of the molecule is CCOc1ccc(CN2CCO[C@H](c3cccc(Nc4cnccn4)n3)C2)cc1CO. The Morgan fingerprint density at radius 3 is 2.97 bits per heavy atom. The molecule has 4 rings (SSSR count). The number of ether oxygens (including phenoxy) is 2. The molecule has 1 saturated heterocycles. The van der Waals surface area contributed by atoms with Crippen LogP contribution >= 0.6 is 0 Å². The molecular formula is C23H27N5O3. The molecule has 8 nitrogen and oxygen atoms in total. The molecule has 0 unspecified atom stereocenters. The second kappa shape index (κ2) is 10.3. The Bertz CT molecular complexity index is 986. The van der Waals surface area contributed by atoms with Gasteiger partial charge in [0, 0.05) is 37.6 Å². The normalized spacial score (nSPS) is 16.8. The van der Waals surface area contributed by atoms with Gasteiger partial charge in [-0.25, -0.2) is 9.97 Å². The fraction of sp³-hybridized carbons (Fsp3) is 0.348. The van der Waals surface area contributed by atoms with E-state index in [0.29, 0.717) is 24.8 Å². The number of nitrogens with zero attached hydrogens (tertiary/aromatic N) is 4. The predicted molar refractivity (Wildman–Crippen MR) is 117 cm³/mol. The van der Waals surface area contributed by atoms with Gasteiger partial charge in [-0.05, 0) is 36.8 Å². The maximum absolute atomic E-state index is 9.66. The highest BCUT2D eigenvalue weighted by molar-refractivity contribution is 5.50. The Hall–Kier alpha value is -3.07. The standard InChI is InChI=1S/C23H27N5O3/c1-2-30-20-7-6-17(12-18(20)16-29)14-28-10-11-31-21(15-28)19-4-3-5-22(26-19)27-23-13-24-8-9-25-23/h3-9,12-13,21,29H,2,10-11,14-16H2,1H3,(H,25,26,27)/t21-/m0/s1. The number of morpholine rings is 1. The van der Waals surface area contributed by atoms with E-state index in [4.69, 9.17) is 14.5 Å². The van der Waals surface area contributed by atoms with E-state index in [-0.39, 0.29) is 12.7 Å². The minimum absolute atomic E-state index is 0.0373. The summed E-state index contributed by atoms with van der Waals surface area (Å²) in [6, 6.07) is 11.8. The highest BCUT2D eigenvalue weighted by Gasteiger charge is 2.23. The number of hydrogen-bond donors (Lipinski definition) is 2. The third-order valence-electron chi connectivity index (χ3n) is 5.07. The van der Waals surface area contributed by atoms with E-state index in [1.165, 1.54) is 0 Å². The third-order valence-corrected chi connectivity index (χ3v) is 5.07. The van der Waals surface area contributed by atoms with Gasteiger partial charge in [-0.2, -0.15) is 0 Å². The first kappa shape index (κ1) is 21.2. The number of anilines is 2. The summed E-state index contributed by atoms with van der Waals surface area (Å²) in [5, 5.41) is 12.8. The van der Waals surface area contributed by atoms with Crippen LogP contribution < -0.4 is 10.1 Å². The zero-order valence-corrected chi connectivity index (χ0v) is 17.6. The summed E-state index contributed by atoms with van der Waals surface area (Å²) in [6.07, 6.45) is 4.81. The average molecular weight is 422 g/mol. The fourth-order valence-corrected chi connectivity index (χ4v) is 3.63. The van der Waals surface area contributed by atoms with Gasteiger partial charge in [0.15, 0.2) is 0 Å². The van der Waals surface area contributed by atoms with E-state index in [1.54, 1.807) is 18.6 Å². The summed E-state index contributed by atoms with van der Waals surface area (Å²) in [7, 11) is 0. The number of benzene rings is 1. The van der Waals surface area contributed by atoms with Crippen LogP contribution in [0.15, 0.2) is 55.0 Å². The lowest BCUT2D eigenvalue weighted by Gasteiger charge is -2.33. The second-order valence-corrected chi connectivity index (χ2v) is 7.29. The molecule has 2 aromatic heterocycles. The van der Waals surface area contributed by atoms with Gasteiger partial charge in [-0.15, -0.1) is 0 Å². The van der Waals surface area contributed by atoms with Crippen molar-refractivity contribution in [2.45, 2.75) is 26.2 Å². The molecule has 1 aliphatic rings. The van der Waals surface area contributed by atoms with Crippen LogP contribution in [0.1, 0.15) is 29.8 Å². The summed E-state index contributed by atoms with van der Waals surface area (Å²) >= 11 is 0. The Balaban J connectivity index is 1.42. The maximum atomic E-state index is 9.66. The van der Waals surface area contributed by atoms with Gasteiger partial charge in [0.2, 0.25) is 0 Å². The van der Waals surface area contributed by atoms with Crippen molar-refractivity contribution in [1.29, 1.82) is 0 Å². The van der Waals surface area contributed by atoms with E-state index in [1.807, 2.05) is 37.3 Å². The first-order valence-corrected chi connectivity index (χ1v) is 10.4. The number of aliphatic hydroxyl groups excluding tert-OH is 1. The van der Waals surface area contributed by atoms with E-state index in [9.17, 15) is 5.11 Å². The minimum atomic E-state index is -0.114. The monoisotopic (exact) mass is 421 g/mol. The lowest BCUT2D eigenvalue weighted by atomic mass is 10.1. The van der Waals surface area contributed by atoms with Crippen molar-refractivity contribution >= 4 is 11.6 Å². The van der Waals surface area contributed by atoms with Crippen LogP contribution in [0.2, 0.25) is 0 Å². The van der Waals surface area contributed by atoms with Crippen molar-refractivity contribution in [3.63, 3.8) is 0 Å². The van der Waals surface area contributed by atoms with Crippen LogP contribution in [0, 0.1) is 0 Å². The molecule has 1 fully saturated rings. The second-order valence-electron chi connectivity index (χ2n) is 7.29. The largest absolute Gasteiger partial charge is 0.494 e. The summed E-state index contributed by atoms with van der Waals surface area (Å²) < 4.78 is 11.6. The smallest absolute Gasteiger partial charge is 0.150 e. The molecule has 0 saturated carbocycles. The number of nitrogens with one attached hydrogen (secondary N) is 1. The zero-order valence-electron chi connectivity index (χ0n) is 17.6. The molecule has 0 amide bonds. The molecule has 2 N–H and O–H groups in total. The van der Waals surface area contributed by atoms with Crippen LogP contribution in [0.4, 0.5) is 11.6 Å². The Kier molecular flexibility index (Phi) is 7.03. The topological polar surface area (TPSA) is 92.6 Å². The molecule has 1 aromatic carbocycles. The first-order valence-electron chi connectivity index (χ1n) is 10.4. The van der Waals surface area contributed by atoms with Crippen molar-refractivity contribution in [2.75, 3.05) is 31.6 Å². The van der Waals surface area contributed by atoms with Crippen molar-refractivity contribution in [3.05, 3.63) is 71.8 Å². The molecule has 3 aromatic rings. The van der Waals surface area contributed by atoms with Gasteiger partial charge in [-0.1, -0.05) is 12.1 Å². The number of hydrogen-bond acceptors (Lipinski definition) is 8. The lowest BCUT2D eigenvalue weighted by Crippen LogP contribution is -2.38. The third kappa shape index (κ3) is 5.55. The Morgan fingerprint density at radius 2 is 2.16 bits per heavy atom. The number of aromatic nitrogens is 3. The van der Waals surface area contributed by atoms with E-state index in [0.717, 1.165) is 42.2 Å². The summed E-state index contributed by atoms with van der Waals surface area (Å²) in [6.45, 7) is 5.47. The van der Waals surface area contributed by atoms with Crippen molar-refractivity contribution in [3.8, 4) is 5.75 Å². The lowest BCUT2D eigenvalue weighted by molar-refractivity contribution is -0.0349.